The molecule has 0 saturated carbocycles. The zero-order valence-corrected chi connectivity index (χ0v) is 11.8. The maximum atomic E-state index is 9.29. The van der Waals surface area contributed by atoms with Crippen molar-refractivity contribution in [2.45, 2.75) is 0 Å². The van der Waals surface area contributed by atoms with Gasteiger partial charge in [0.05, 0.1) is 24.7 Å². The molecule has 0 radical (unpaired) electrons. The van der Waals surface area contributed by atoms with Gasteiger partial charge in [-0.05, 0) is 0 Å². The van der Waals surface area contributed by atoms with Crippen molar-refractivity contribution in [3.8, 4) is 0 Å². The minimum atomic E-state index is -1.82. The first-order chi connectivity index (χ1) is 9.10. The van der Waals surface area contributed by atoms with Gasteiger partial charge in [0, 0.05) is 0 Å². The Bertz CT molecular complexity index is 252. The van der Waals surface area contributed by atoms with Crippen LogP contribution in [0.4, 0.5) is 0 Å². The molecule has 0 atom stereocenters. The first-order valence-corrected chi connectivity index (χ1v) is 5.70. The van der Waals surface area contributed by atoms with E-state index in [4.69, 9.17) is 40.2 Å². The van der Waals surface area contributed by atoms with E-state index in [-0.39, 0.29) is 24.7 Å². The smallest absolute Gasteiger partial charge is 0.414 e. The van der Waals surface area contributed by atoms with Gasteiger partial charge in [-0.25, -0.2) is 9.59 Å². The van der Waals surface area contributed by atoms with E-state index in [1.807, 2.05) is 0 Å². The summed E-state index contributed by atoms with van der Waals surface area (Å²) in [6.07, 6.45) is 0. The molecule has 0 aliphatic heterocycles. The van der Waals surface area contributed by atoms with Crippen molar-refractivity contribution < 1.29 is 49.8 Å². The van der Waals surface area contributed by atoms with E-state index in [1.54, 1.807) is 0 Å². The van der Waals surface area contributed by atoms with Crippen molar-refractivity contribution in [2.75, 3.05) is 24.7 Å². The number of thiol groups is 2. The van der Waals surface area contributed by atoms with Crippen molar-refractivity contribution in [3.05, 3.63) is 0 Å². The molecule has 0 heterocycles. The molecule has 0 spiro atoms. The van der Waals surface area contributed by atoms with E-state index < -0.39 is 23.9 Å². The average molecular weight is 336 g/mol. The summed E-state index contributed by atoms with van der Waals surface area (Å²) in [5.74, 6) is -5.58. The van der Waals surface area contributed by atoms with Crippen LogP contribution in [0, 0.1) is 0 Å². The molecule has 0 aromatic rings. The lowest BCUT2D eigenvalue weighted by Crippen LogP contribution is -2.09. The van der Waals surface area contributed by atoms with Crippen molar-refractivity contribution in [3.63, 3.8) is 0 Å². The molecule has 0 aromatic heterocycles. The number of hydrogen-bond acceptors (Lipinski definition) is 8. The fourth-order valence-corrected chi connectivity index (χ4v) is 0. The standard InChI is InChI=1S/C2H2O4.2C2H4O2S.C2H6O2/c3-1(4)2(5)6;2*3-2(4)1-5;3-1-2-4/h(H,3,4)(H,5,6);2*5H,1H2,(H,3,4);3-4H,1-2H2. The molecule has 10 nitrogen and oxygen atoms in total. The monoisotopic (exact) mass is 336 g/mol. The number of aliphatic hydroxyl groups is 2. The lowest BCUT2D eigenvalue weighted by Gasteiger charge is -1.72. The number of aliphatic carboxylic acids is 4. The predicted octanol–water partition coefficient (Wildman–Crippen LogP) is -1.87. The van der Waals surface area contributed by atoms with Crippen LogP contribution < -0.4 is 0 Å². The Morgan fingerprint density at radius 3 is 0.800 bits per heavy atom. The van der Waals surface area contributed by atoms with Gasteiger partial charge >= 0.3 is 23.9 Å². The highest BCUT2D eigenvalue weighted by Crippen LogP contribution is 1.66. The van der Waals surface area contributed by atoms with Crippen LogP contribution in [-0.4, -0.2) is 79.2 Å². The molecule has 0 aliphatic rings. The van der Waals surface area contributed by atoms with E-state index in [2.05, 4.69) is 25.3 Å². The summed E-state index contributed by atoms with van der Waals surface area (Å²) >= 11 is 6.83. The molecule has 0 saturated heterocycles. The van der Waals surface area contributed by atoms with Gasteiger partial charge < -0.3 is 30.6 Å². The predicted molar refractivity (Wildman–Crippen MR) is 72.4 cm³/mol. The molecule has 6 N–H and O–H groups in total. The molecule has 0 rings (SSSR count). The SMILES string of the molecule is O=C(O)C(=O)O.O=C(O)CS.O=C(O)CS.OCCO. The van der Waals surface area contributed by atoms with Gasteiger partial charge in [0.1, 0.15) is 0 Å². The molecule has 0 aliphatic carbocycles. The van der Waals surface area contributed by atoms with Gasteiger partial charge in [0.2, 0.25) is 0 Å². The summed E-state index contributed by atoms with van der Waals surface area (Å²) < 4.78 is 0. The Kier molecular flexibility index (Phi) is 30.5. The highest BCUT2D eigenvalue weighted by molar-refractivity contribution is 7.81. The van der Waals surface area contributed by atoms with Crippen LogP contribution >= 0.6 is 25.3 Å². The number of rotatable bonds is 3. The Labute approximate surface area is 124 Å². The van der Waals surface area contributed by atoms with Crippen LogP contribution in [0.3, 0.4) is 0 Å². The summed E-state index contributed by atoms with van der Waals surface area (Å²) in [7, 11) is 0. The van der Waals surface area contributed by atoms with Crippen LogP contribution in [0.25, 0.3) is 0 Å². The van der Waals surface area contributed by atoms with E-state index in [0.29, 0.717) is 0 Å². The maximum absolute atomic E-state index is 9.29. The quantitative estimate of drug-likeness (QED) is 0.214. The fourth-order valence-electron chi connectivity index (χ4n) is 0. The van der Waals surface area contributed by atoms with Crippen molar-refractivity contribution in [2.24, 2.45) is 0 Å². The number of aliphatic hydroxyl groups excluding tert-OH is 2. The first-order valence-electron chi connectivity index (χ1n) is 4.43. The van der Waals surface area contributed by atoms with Crippen molar-refractivity contribution in [1.29, 1.82) is 0 Å². The van der Waals surface area contributed by atoms with Crippen LogP contribution in [-0.2, 0) is 19.2 Å². The van der Waals surface area contributed by atoms with Crippen LogP contribution in [0.5, 0.6) is 0 Å². The minimum absolute atomic E-state index is 0.0833. The molecular formula is C8H16O10S2. The molecule has 0 amide bonds. The van der Waals surface area contributed by atoms with Crippen molar-refractivity contribution >= 4 is 49.1 Å². The topological polar surface area (TPSA) is 190 Å². The summed E-state index contributed by atoms with van der Waals surface area (Å²) in [4.78, 5) is 36.8. The highest BCUT2D eigenvalue weighted by Gasteiger charge is 2.04. The molecule has 0 bridgehead atoms. The molecule has 0 unspecified atom stereocenters. The molecule has 12 heteroatoms. The summed E-state index contributed by atoms with van der Waals surface area (Å²) in [6.45, 7) is -0.250. The van der Waals surface area contributed by atoms with Crippen LogP contribution in [0.15, 0.2) is 0 Å². The summed E-state index contributed by atoms with van der Waals surface area (Å²) in [5, 5.41) is 45.3. The zero-order valence-electron chi connectivity index (χ0n) is 10.0. The Morgan fingerprint density at radius 1 is 0.650 bits per heavy atom. The number of carbonyl (C=O) groups is 4. The fraction of sp³-hybridized carbons (Fsp3) is 0.500. The van der Waals surface area contributed by atoms with E-state index in [0.717, 1.165) is 0 Å². The van der Waals surface area contributed by atoms with Gasteiger partial charge in [-0.15, -0.1) is 0 Å². The Balaban J connectivity index is -0.0000000862. The minimum Gasteiger partial charge on any atom is -0.481 e. The second-order valence-electron chi connectivity index (χ2n) is 2.16. The van der Waals surface area contributed by atoms with Gasteiger partial charge in [-0.2, -0.15) is 25.3 Å². The van der Waals surface area contributed by atoms with Crippen molar-refractivity contribution in [1.82, 2.24) is 0 Å². The number of hydrogen-bond donors (Lipinski definition) is 8. The summed E-state index contributed by atoms with van der Waals surface area (Å²) in [6, 6.07) is 0. The third kappa shape index (κ3) is 70.5. The average Bonchev–Trinajstić information content (AvgIpc) is 2.40. The normalized spacial score (nSPS) is 7.40. The third-order valence-electron chi connectivity index (χ3n) is 0.553. The lowest BCUT2D eigenvalue weighted by atomic mass is 10.7. The van der Waals surface area contributed by atoms with Crippen LogP contribution in [0.1, 0.15) is 0 Å². The molecule has 0 aromatic carbocycles. The second kappa shape index (κ2) is 22.7. The number of carboxylic acid groups (broad SMARTS) is 4. The van der Waals surface area contributed by atoms with Gasteiger partial charge in [0.25, 0.3) is 0 Å². The molecule has 120 valence electrons. The third-order valence-corrected chi connectivity index (χ3v) is 1.09. The Hall–Kier alpha value is -1.50. The van der Waals surface area contributed by atoms with E-state index >= 15 is 0 Å². The van der Waals surface area contributed by atoms with Gasteiger partial charge in [0.15, 0.2) is 0 Å². The van der Waals surface area contributed by atoms with Crippen LogP contribution in [0.2, 0.25) is 0 Å². The second-order valence-corrected chi connectivity index (χ2v) is 2.79. The lowest BCUT2D eigenvalue weighted by molar-refractivity contribution is -0.159. The summed E-state index contributed by atoms with van der Waals surface area (Å²) in [5.41, 5.74) is 0. The Morgan fingerprint density at radius 2 is 0.800 bits per heavy atom. The van der Waals surface area contributed by atoms with Gasteiger partial charge in [-0.1, -0.05) is 0 Å². The molecule has 0 fully saturated rings. The molecular weight excluding hydrogens is 320 g/mol. The largest absolute Gasteiger partial charge is 0.481 e. The van der Waals surface area contributed by atoms with Gasteiger partial charge in [-0.3, -0.25) is 9.59 Å². The number of carboxylic acids is 4. The first kappa shape index (κ1) is 26.9. The highest BCUT2D eigenvalue weighted by atomic mass is 32.1. The zero-order chi connectivity index (χ0) is 17.1. The van der Waals surface area contributed by atoms with E-state index in [9.17, 15) is 9.59 Å². The molecule has 20 heavy (non-hydrogen) atoms. The maximum Gasteiger partial charge on any atom is 0.414 e. The van der Waals surface area contributed by atoms with E-state index in [1.165, 1.54) is 0 Å².